The van der Waals surface area contributed by atoms with Gasteiger partial charge in [0.1, 0.15) is 0 Å². The van der Waals surface area contributed by atoms with Crippen molar-refractivity contribution in [2.24, 2.45) is 0 Å². The van der Waals surface area contributed by atoms with Crippen molar-refractivity contribution < 1.29 is 9.53 Å². The van der Waals surface area contributed by atoms with Crippen molar-refractivity contribution in [3.05, 3.63) is 69.8 Å². The Hall–Kier alpha value is -2.35. The van der Waals surface area contributed by atoms with Crippen molar-refractivity contribution in [1.82, 2.24) is 0 Å². The summed E-state index contributed by atoms with van der Waals surface area (Å²) >= 11 is 0. The number of rotatable bonds is 3. The van der Waals surface area contributed by atoms with E-state index < -0.39 is 0 Å². The first kappa shape index (κ1) is 18.4. The summed E-state index contributed by atoms with van der Waals surface area (Å²) in [6.07, 6.45) is 5.45. The van der Waals surface area contributed by atoms with Gasteiger partial charge in [0.05, 0.1) is 12.7 Å². The third-order valence-electron chi connectivity index (χ3n) is 5.54. The van der Waals surface area contributed by atoms with E-state index in [4.69, 9.17) is 4.74 Å². The molecule has 3 rings (SSSR count). The van der Waals surface area contributed by atoms with Crippen LogP contribution in [0.3, 0.4) is 0 Å². The van der Waals surface area contributed by atoms with E-state index in [0.29, 0.717) is 5.56 Å². The molecule has 0 unspecified atom stereocenters. The minimum atomic E-state index is -0.306. The highest BCUT2D eigenvalue weighted by atomic mass is 16.5. The molecule has 0 N–H and O–H groups in total. The molecule has 2 aromatic rings. The summed E-state index contributed by atoms with van der Waals surface area (Å²) in [6, 6.07) is 12.2. The van der Waals surface area contributed by atoms with Crippen LogP contribution in [0.25, 0.3) is 12.2 Å². The van der Waals surface area contributed by atoms with Gasteiger partial charge in [-0.15, -0.1) is 0 Å². The van der Waals surface area contributed by atoms with Crippen LogP contribution in [0.15, 0.2) is 36.4 Å². The smallest absolute Gasteiger partial charge is 0.337 e. The lowest BCUT2D eigenvalue weighted by atomic mass is 9.82. The molecule has 0 atom stereocenters. The van der Waals surface area contributed by atoms with Gasteiger partial charge in [0, 0.05) is 0 Å². The van der Waals surface area contributed by atoms with E-state index >= 15 is 0 Å². The molecule has 2 aromatic carbocycles. The van der Waals surface area contributed by atoms with E-state index in [0.717, 1.165) is 5.56 Å². The zero-order chi connectivity index (χ0) is 19.1. The molecule has 0 amide bonds. The molecule has 0 bridgehead atoms. The summed E-state index contributed by atoms with van der Waals surface area (Å²) in [6.45, 7) is 11.6. The normalized spacial score (nSPS) is 17.3. The Kier molecular flexibility index (Phi) is 4.56. The van der Waals surface area contributed by atoms with Crippen molar-refractivity contribution in [2.45, 2.75) is 51.9 Å². The summed E-state index contributed by atoms with van der Waals surface area (Å²) in [5.74, 6) is -0.306. The van der Waals surface area contributed by atoms with Gasteiger partial charge < -0.3 is 4.74 Å². The first-order valence-corrected chi connectivity index (χ1v) is 9.16. The first-order valence-electron chi connectivity index (χ1n) is 9.16. The largest absolute Gasteiger partial charge is 0.465 e. The van der Waals surface area contributed by atoms with Crippen LogP contribution in [-0.4, -0.2) is 13.1 Å². The molecule has 0 fully saturated rings. The van der Waals surface area contributed by atoms with Gasteiger partial charge in [-0.1, -0.05) is 64.1 Å². The van der Waals surface area contributed by atoms with Crippen LogP contribution in [-0.2, 0) is 15.6 Å². The van der Waals surface area contributed by atoms with Crippen LogP contribution in [0.2, 0.25) is 0 Å². The number of benzene rings is 2. The molecule has 0 saturated carbocycles. The predicted molar refractivity (Wildman–Crippen MR) is 109 cm³/mol. The third-order valence-corrected chi connectivity index (χ3v) is 5.54. The Balaban J connectivity index is 1.92. The van der Waals surface area contributed by atoms with Gasteiger partial charge in [0.15, 0.2) is 0 Å². The average Bonchev–Trinajstić information content (AvgIpc) is 2.76. The molecule has 0 aliphatic heterocycles. The summed E-state index contributed by atoms with van der Waals surface area (Å²) < 4.78 is 4.74. The SMILES string of the molecule is COC(=O)c1ccc(/C=C/c2cc3c(cc2C)C(C)(C)CC3(C)C)cc1. The summed E-state index contributed by atoms with van der Waals surface area (Å²) in [4.78, 5) is 11.5. The first-order chi connectivity index (χ1) is 12.1. The van der Waals surface area contributed by atoms with Crippen molar-refractivity contribution in [3.63, 3.8) is 0 Å². The van der Waals surface area contributed by atoms with Crippen LogP contribution in [0.1, 0.15) is 72.3 Å². The van der Waals surface area contributed by atoms with E-state index in [1.54, 1.807) is 12.1 Å². The second-order valence-corrected chi connectivity index (χ2v) is 8.65. The lowest BCUT2D eigenvalue weighted by Crippen LogP contribution is -2.17. The van der Waals surface area contributed by atoms with Crippen molar-refractivity contribution in [2.75, 3.05) is 7.11 Å². The summed E-state index contributed by atoms with van der Waals surface area (Å²) in [7, 11) is 1.40. The minimum Gasteiger partial charge on any atom is -0.465 e. The molecule has 0 aromatic heterocycles. The van der Waals surface area contributed by atoms with Crippen molar-refractivity contribution in [3.8, 4) is 0 Å². The maximum absolute atomic E-state index is 11.5. The monoisotopic (exact) mass is 348 g/mol. The number of methoxy groups -OCH3 is 1. The van der Waals surface area contributed by atoms with E-state index in [-0.39, 0.29) is 16.8 Å². The predicted octanol–water partition coefficient (Wildman–Crippen LogP) is 5.91. The summed E-state index contributed by atoms with van der Waals surface area (Å²) in [5.41, 5.74) is 7.59. The van der Waals surface area contributed by atoms with E-state index in [1.807, 2.05) is 12.1 Å². The molecular formula is C24H28O2. The number of fused-ring (bicyclic) bond motifs is 1. The second kappa shape index (κ2) is 6.42. The van der Waals surface area contributed by atoms with E-state index in [1.165, 1.54) is 35.8 Å². The molecular weight excluding hydrogens is 320 g/mol. The van der Waals surface area contributed by atoms with Gasteiger partial charge in [-0.3, -0.25) is 0 Å². The molecule has 0 spiro atoms. The molecule has 136 valence electrons. The molecule has 2 heteroatoms. The topological polar surface area (TPSA) is 26.3 Å². The quantitative estimate of drug-likeness (QED) is 0.509. The zero-order valence-electron chi connectivity index (χ0n) is 16.6. The number of carbonyl (C=O) groups is 1. The molecule has 0 heterocycles. The molecule has 0 radical (unpaired) electrons. The molecule has 2 nitrogen and oxygen atoms in total. The number of esters is 1. The fourth-order valence-electron chi connectivity index (χ4n) is 4.35. The van der Waals surface area contributed by atoms with E-state index in [2.05, 4.69) is 58.9 Å². The highest BCUT2D eigenvalue weighted by Crippen LogP contribution is 2.50. The Labute approximate surface area is 156 Å². The second-order valence-electron chi connectivity index (χ2n) is 8.65. The van der Waals surface area contributed by atoms with Crippen LogP contribution in [0.5, 0.6) is 0 Å². The summed E-state index contributed by atoms with van der Waals surface area (Å²) in [5, 5.41) is 0. The Morgan fingerprint density at radius 1 is 0.962 bits per heavy atom. The molecule has 1 aliphatic carbocycles. The Bertz CT molecular complexity index is 868. The van der Waals surface area contributed by atoms with Crippen molar-refractivity contribution >= 4 is 18.1 Å². The van der Waals surface area contributed by atoms with Gasteiger partial charge in [0.25, 0.3) is 0 Å². The number of carbonyl (C=O) groups excluding carboxylic acids is 1. The van der Waals surface area contributed by atoms with Crippen LogP contribution in [0.4, 0.5) is 0 Å². The highest BCUT2D eigenvalue weighted by molar-refractivity contribution is 5.89. The van der Waals surface area contributed by atoms with Gasteiger partial charge in [-0.05, 0) is 64.1 Å². The fraction of sp³-hybridized carbons (Fsp3) is 0.375. The standard InChI is InChI=1S/C24H28O2/c1-16-13-20-21(24(4,5)15-23(20,2)3)14-19(16)12-9-17-7-10-18(11-8-17)22(25)26-6/h7-14H,15H2,1-6H3/b12-9+. The Morgan fingerprint density at radius 3 is 2.12 bits per heavy atom. The number of hydrogen-bond donors (Lipinski definition) is 0. The fourth-order valence-corrected chi connectivity index (χ4v) is 4.35. The average molecular weight is 348 g/mol. The third kappa shape index (κ3) is 3.33. The maximum Gasteiger partial charge on any atom is 0.337 e. The number of hydrogen-bond acceptors (Lipinski definition) is 2. The highest BCUT2D eigenvalue weighted by Gasteiger charge is 2.41. The molecule has 26 heavy (non-hydrogen) atoms. The lowest BCUT2D eigenvalue weighted by Gasteiger charge is -2.22. The van der Waals surface area contributed by atoms with Gasteiger partial charge in [0.2, 0.25) is 0 Å². The van der Waals surface area contributed by atoms with Gasteiger partial charge >= 0.3 is 5.97 Å². The van der Waals surface area contributed by atoms with Crippen LogP contribution in [0, 0.1) is 6.92 Å². The molecule has 0 saturated heterocycles. The minimum absolute atomic E-state index is 0.206. The van der Waals surface area contributed by atoms with E-state index in [9.17, 15) is 4.79 Å². The van der Waals surface area contributed by atoms with Crippen molar-refractivity contribution in [1.29, 1.82) is 0 Å². The maximum atomic E-state index is 11.5. The van der Waals surface area contributed by atoms with Gasteiger partial charge in [-0.2, -0.15) is 0 Å². The number of ether oxygens (including phenoxy) is 1. The lowest BCUT2D eigenvalue weighted by molar-refractivity contribution is 0.0600. The molecule has 1 aliphatic rings. The van der Waals surface area contributed by atoms with Crippen LogP contribution >= 0.6 is 0 Å². The zero-order valence-corrected chi connectivity index (χ0v) is 16.6. The van der Waals surface area contributed by atoms with Gasteiger partial charge in [-0.25, -0.2) is 4.79 Å². The Morgan fingerprint density at radius 2 is 1.54 bits per heavy atom. The number of aryl methyl sites for hydroxylation is 1. The van der Waals surface area contributed by atoms with Crippen LogP contribution < -0.4 is 0 Å².